The van der Waals surface area contributed by atoms with E-state index in [-0.39, 0.29) is 5.91 Å². The third kappa shape index (κ3) is 4.06. The second-order valence-corrected chi connectivity index (χ2v) is 5.77. The van der Waals surface area contributed by atoms with Crippen LogP contribution in [-0.4, -0.2) is 18.0 Å². The van der Waals surface area contributed by atoms with Crippen LogP contribution in [0, 0.1) is 13.8 Å². The first kappa shape index (κ1) is 14.1. The Morgan fingerprint density at radius 3 is 2.53 bits per heavy atom. The van der Waals surface area contributed by atoms with Gasteiger partial charge in [0.05, 0.1) is 6.42 Å². The molecule has 0 heterocycles. The first-order valence-corrected chi connectivity index (χ1v) is 7.15. The molecule has 19 heavy (non-hydrogen) atoms. The highest BCUT2D eigenvalue weighted by Crippen LogP contribution is 2.17. The molecule has 0 aromatic heterocycles. The van der Waals surface area contributed by atoms with Gasteiger partial charge in [-0.1, -0.05) is 18.2 Å². The Hall–Kier alpha value is -1.35. The molecule has 1 aromatic rings. The minimum atomic E-state index is 0.128. The van der Waals surface area contributed by atoms with E-state index < -0.39 is 0 Å². The van der Waals surface area contributed by atoms with Gasteiger partial charge in [0.1, 0.15) is 0 Å². The lowest BCUT2D eigenvalue weighted by Crippen LogP contribution is -2.41. The van der Waals surface area contributed by atoms with Crippen LogP contribution >= 0.6 is 0 Å². The van der Waals surface area contributed by atoms with Crippen molar-refractivity contribution < 1.29 is 4.79 Å². The Morgan fingerprint density at radius 1 is 1.21 bits per heavy atom. The van der Waals surface area contributed by atoms with Crippen molar-refractivity contribution in [3.05, 3.63) is 34.9 Å². The largest absolute Gasteiger partial charge is 0.353 e. The number of aryl methyl sites for hydroxylation is 2. The maximum absolute atomic E-state index is 12.0. The minimum Gasteiger partial charge on any atom is -0.353 e. The number of carbonyl (C=O) groups excluding carboxylic acids is 1. The zero-order valence-corrected chi connectivity index (χ0v) is 11.9. The predicted octanol–water partition coefficient (Wildman–Crippen LogP) is 2.23. The number of nitrogens with one attached hydrogen (secondary N) is 1. The topological polar surface area (TPSA) is 55.1 Å². The van der Waals surface area contributed by atoms with E-state index in [1.807, 2.05) is 6.07 Å². The van der Waals surface area contributed by atoms with E-state index in [1.54, 1.807) is 0 Å². The van der Waals surface area contributed by atoms with Gasteiger partial charge in [-0.05, 0) is 56.2 Å². The number of nitrogens with two attached hydrogens (primary N) is 1. The monoisotopic (exact) mass is 260 g/mol. The fourth-order valence-electron chi connectivity index (χ4n) is 2.64. The second-order valence-electron chi connectivity index (χ2n) is 5.77. The summed E-state index contributed by atoms with van der Waals surface area (Å²) >= 11 is 0. The molecule has 0 bridgehead atoms. The molecular weight excluding hydrogens is 236 g/mol. The number of carbonyl (C=O) groups is 1. The molecule has 3 heteroatoms. The maximum Gasteiger partial charge on any atom is 0.224 e. The molecule has 1 aliphatic rings. The van der Waals surface area contributed by atoms with E-state index in [2.05, 4.69) is 31.3 Å². The van der Waals surface area contributed by atoms with Gasteiger partial charge in [0.25, 0.3) is 0 Å². The van der Waals surface area contributed by atoms with Crippen LogP contribution in [0.25, 0.3) is 0 Å². The fourth-order valence-corrected chi connectivity index (χ4v) is 2.64. The van der Waals surface area contributed by atoms with Crippen LogP contribution in [0.3, 0.4) is 0 Å². The average Bonchev–Trinajstić information content (AvgIpc) is 2.37. The molecule has 1 aliphatic carbocycles. The van der Waals surface area contributed by atoms with Crippen molar-refractivity contribution in [2.45, 2.75) is 58.0 Å². The smallest absolute Gasteiger partial charge is 0.224 e. The molecular formula is C16H24N2O. The zero-order chi connectivity index (χ0) is 13.8. The Labute approximate surface area is 115 Å². The quantitative estimate of drug-likeness (QED) is 0.875. The number of hydrogen-bond donors (Lipinski definition) is 2. The lowest BCUT2D eigenvalue weighted by molar-refractivity contribution is -0.121. The Bertz CT molecular complexity index is 448. The van der Waals surface area contributed by atoms with Crippen molar-refractivity contribution in [1.29, 1.82) is 0 Å². The summed E-state index contributed by atoms with van der Waals surface area (Å²) in [6, 6.07) is 6.87. The van der Waals surface area contributed by atoms with Crippen molar-refractivity contribution in [3.63, 3.8) is 0 Å². The van der Waals surface area contributed by atoms with Gasteiger partial charge in [0, 0.05) is 12.1 Å². The fraction of sp³-hybridized carbons (Fsp3) is 0.562. The van der Waals surface area contributed by atoms with Crippen molar-refractivity contribution in [2.24, 2.45) is 5.73 Å². The lowest BCUT2D eigenvalue weighted by atomic mass is 9.91. The number of hydrogen-bond acceptors (Lipinski definition) is 2. The van der Waals surface area contributed by atoms with Gasteiger partial charge in [0.2, 0.25) is 5.91 Å². The van der Waals surface area contributed by atoms with Crippen LogP contribution in [0.2, 0.25) is 0 Å². The van der Waals surface area contributed by atoms with Crippen molar-refractivity contribution in [1.82, 2.24) is 5.32 Å². The zero-order valence-electron chi connectivity index (χ0n) is 11.9. The van der Waals surface area contributed by atoms with Crippen LogP contribution in [0.15, 0.2) is 18.2 Å². The highest BCUT2D eigenvalue weighted by atomic mass is 16.1. The van der Waals surface area contributed by atoms with Crippen molar-refractivity contribution in [3.8, 4) is 0 Å². The van der Waals surface area contributed by atoms with Gasteiger partial charge in [-0.2, -0.15) is 0 Å². The molecule has 0 spiro atoms. The van der Waals surface area contributed by atoms with Crippen LogP contribution < -0.4 is 11.1 Å². The Balaban J connectivity index is 1.85. The second kappa shape index (κ2) is 6.20. The number of benzene rings is 1. The molecule has 104 valence electrons. The number of amides is 1. The molecule has 1 amide bonds. The SMILES string of the molecule is Cc1ccc(CC(=O)NC2CCC(N)CC2)cc1C. The van der Waals surface area contributed by atoms with Crippen LogP contribution in [0.5, 0.6) is 0 Å². The standard InChI is InChI=1S/C16H24N2O/c1-11-3-4-13(9-12(11)2)10-16(19)18-15-7-5-14(17)6-8-15/h3-4,9,14-15H,5-8,10,17H2,1-2H3,(H,18,19). The molecule has 3 N–H and O–H groups in total. The summed E-state index contributed by atoms with van der Waals surface area (Å²) in [4.78, 5) is 12.0. The van der Waals surface area contributed by atoms with Crippen LogP contribution in [-0.2, 0) is 11.2 Å². The van der Waals surface area contributed by atoms with Crippen molar-refractivity contribution >= 4 is 5.91 Å². The average molecular weight is 260 g/mol. The lowest BCUT2D eigenvalue weighted by Gasteiger charge is -2.26. The van der Waals surface area contributed by atoms with Gasteiger partial charge in [-0.3, -0.25) is 4.79 Å². The summed E-state index contributed by atoms with van der Waals surface area (Å²) in [5, 5.41) is 3.13. The molecule has 3 nitrogen and oxygen atoms in total. The van der Waals surface area contributed by atoms with Crippen LogP contribution in [0.1, 0.15) is 42.4 Å². The first-order valence-electron chi connectivity index (χ1n) is 7.15. The van der Waals surface area contributed by atoms with Gasteiger partial charge in [-0.25, -0.2) is 0 Å². The molecule has 0 unspecified atom stereocenters. The maximum atomic E-state index is 12.0. The van der Waals surface area contributed by atoms with E-state index >= 15 is 0 Å². The van der Waals surface area contributed by atoms with Gasteiger partial charge in [-0.15, -0.1) is 0 Å². The molecule has 0 aliphatic heterocycles. The molecule has 0 saturated heterocycles. The Morgan fingerprint density at radius 2 is 1.89 bits per heavy atom. The van der Waals surface area contributed by atoms with Crippen molar-refractivity contribution in [2.75, 3.05) is 0 Å². The summed E-state index contributed by atoms with van der Waals surface area (Å²) in [5.41, 5.74) is 9.47. The normalized spacial score (nSPS) is 23.1. The third-order valence-electron chi connectivity index (χ3n) is 4.07. The third-order valence-corrected chi connectivity index (χ3v) is 4.07. The van der Waals surface area contributed by atoms with Gasteiger partial charge in [0.15, 0.2) is 0 Å². The van der Waals surface area contributed by atoms with E-state index in [0.29, 0.717) is 18.5 Å². The molecule has 0 atom stereocenters. The predicted molar refractivity (Wildman–Crippen MR) is 78.0 cm³/mol. The van der Waals surface area contributed by atoms with Crippen LogP contribution in [0.4, 0.5) is 0 Å². The first-order chi connectivity index (χ1) is 9.04. The summed E-state index contributed by atoms with van der Waals surface area (Å²) in [7, 11) is 0. The van der Waals surface area contributed by atoms with E-state index in [1.165, 1.54) is 11.1 Å². The highest BCUT2D eigenvalue weighted by Gasteiger charge is 2.19. The summed E-state index contributed by atoms with van der Waals surface area (Å²) in [5.74, 6) is 0.128. The molecule has 1 saturated carbocycles. The highest BCUT2D eigenvalue weighted by molar-refractivity contribution is 5.78. The van der Waals surface area contributed by atoms with E-state index in [0.717, 1.165) is 31.2 Å². The van der Waals surface area contributed by atoms with Gasteiger partial charge >= 0.3 is 0 Å². The van der Waals surface area contributed by atoms with E-state index in [9.17, 15) is 4.79 Å². The minimum absolute atomic E-state index is 0.128. The Kier molecular flexibility index (Phi) is 4.59. The summed E-state index contributed by atoms with van der Waals surface area (Å²) in [6.45, 7) is 4.17. The molecule has 1 aromatic carbocycles. The summed E-state index contributed by atoms with van der Waals surface area (Å²) in [6.07, 6.45) is 4.55. The molecule has 2 rings (SSSR count). The molecule has 1 fully saturated rings. The summed E-state index contributed by atoms with van der Waals surface area (Å²) < 4.78 is 0. The van der Waals surface area contributed by atoms with Gasteiger partial charge < -0.3 is 11.1 Å². The number of rotatable bonds is 3. The van der Waals surface area contributed by atoms with E-state index in [4.69, 9.17) is 5.73 Å². The molecule has 0 radical (unpaired) electrons.